The lowest BCUT2D eigenvalue weighted by Gasteiger charge is -2.39. The largest absolute Gasteiger partial charge is 0.464 e. The highest BCUT2D eigenvalue weighted by molar-refractivity contribution is 5.86. The molecule has 15 heavy (non-hydrogen) atoms. The highest BCUT2D eigenvalue weighted by Gasteiger charge is 2.39. The van der Waals surface area contributed by atoms with Crippen LogP contribution in [0.15, 0.2) is 6.20 Å². The molecule has 1 aromatic heterocycles. The number of nitrogens with zero attached hydrogens (tertiary/aromatic N) is 3. The monoisotopic (exact) mass is 211 g/mol. The molecule has 0 bridgehead atoms. The second kappa shape index (κ2) is 3.62. The Morgan fingerprint density at radius 3 is 2.93 bits per heavy atom. The van der Waals surface area contributed by atoms with Crippen LogP contribution in [0.2, 0.25) is 0 Å². The fourth-order valence-corrected chi connectivity index (χ4v) is 1.74. The Kier molecular flexibility index (Phi) is 2.44. The minimum absolute atomic E-state index is 0.0248. The van der Waals surface area contributed by atoms with E-state index in [1.54, 1.807) is 4.68 Å². The van der Waals surface area contributed by atoms with Crippen molar-refractivity contribution >= 4 is 5.97 Å². The van der Waals surface area contributed by atoms with Crippen molar-refractivity contribution in [3.8, 4) is 0 Å². The highest BCUT2D eigenvalue weighted by atomic mass is 16.5. The molecule has 0 unspecified atom stereocenters. The Morgan fingerprint density at radius 1 is 1.73 bits per heavy atom. The average molecular weight is 211 g/mol. The summed E-state index contributed by atoms with van der Waals surface area (Å²) in [6.45, 7) is 0.0248. The van der Waals surface area contributed by atoms with Crippen LogP contribution in [-0.4, -0.2) is 39.8 Å². The second-order valence-corrected chi connectivity index (χ2v) is 3.78. The molecular weight excluding hydrogens is 198 g/mol. The van der Waals surface area contributed by atoms with Crippen LogP contribution in [0, 0.1) is 0 Å². The molecule has 0 spiro atoms. The third-order valence-electron chi connectivity index (χ3n) is 2.95. The van der Waals surface area contributed by atoms with E-state index in [9.17, 15) is 9.90 Å². The number of methoxy groups -OCH3 is 1. The van der Waals surface area contributed by atoms with E-state index in [1.165, 1.54) is 13.3 Å². The molecule has 1 heterocycles. The molecule has 1 aliphatic rings. The van der Waals surface area contributed by atoms with Crippen molar-refractivity contribution in [1.29, 1.82) is 0 Å². The molecule has 1 aliphatic carbocycles. The van der Waals surface area contributed by atoms with Crippen LogP contribution in [0.4, 0.5) is 0 Å². The van der Waals surface area contributed by atoms with E-state index in [4.69, 9.17) is 0 Å². The molecule has 0 amide bonds. The molecule has 6 heteroatoms. The molecule has 2 rings (SSSR count). The molecule has 1 fully saturated rings. The normalized spacial score (nSPS) is 18.3. The molecule has 0 atom stereocenters. The predicted octanol–water partition coefficient (Wildman–Crippen LogP) is -0.0638. The van der Waals surface area contributed by atoms with Crippen molar-refractivity contribution in [2.45, 2.75) is 24.8 Å². The van der Waals surface area contributed by atoms with Gasteiger partial charge in [-0.2, -0.15) is 0 Å². The topological polar surface area (TPSA) is 77.2 Å². The first kappa shape index (κ1) is 10.1. The lowest BCUT2D eigenvalue weighted by molar-refractivity contribution is 0.0420. The summed E-state index contributed by atoms with van der Waals surface area (Å²) in [7, 11) is 1.30. The van der Waals surface area contributed by atoms with E-state index in [0.29, 0.717) is 0 Å². The number of hydrogen-bond donors (Lipinski definition) is 1. The molecule has 0 saturated heterocycles. The summed E-state index contributed by atoms with van der Waals surface area (Å²) >= 11 is 0. The molecule has 1 saturated carbocycles. The lowest BCUT2D eigenvalue weighted by Crippen LogP contribution is -2.44. The third kappa shape index (κ3) is 1.50. The third-order valence-corrected chi connectivity index (χ3v) is 2.95. The number of rotatable bonds is 3. The number of aliphatic hydroxyl groups excluding tert-OH is 1. The maximum atomic E-state index is 11.1. The van der Waals surface area contributed by atoms with Gasteiger partial charge in [0.05, 0.1) is 25.5 Å². The summed E-state index contributed by atoms with van der Waals surface area (Å²) in [5.74, 6) is -0.506. The Balaban J connectivity index is 2.23. The van der Waals surface area contributed by atoms with Crippen molar-refractivity contribution in [1.82, 2.24) is 15.0 Å². The van der Waals surface area contributed by atoms with Crippen LogP contribution < -0.4 is 0 Å². The van der Waals surface area contributed by atoms with E-state index >= 15 is 0 Å². The van der Waals surface area contributed by atoms with Crippen molar-refractivity contribution in [3.05, 3.63) is 11.9 Å². The number of aromatic nitrogens is 3. The molecular formula is C9H13N3O3. The Hall–Kier alpha value is -1.43. The van der Waals surface area contributed by atoms with Gasteiger partial charge in [0.15, 0.2) is 5.69 Å². The minimum Gasteiger partial charge on any atom is -0.464 e. The van der Waals surface area contributed by atoms with Gasteiger partial charge in [0.2, 0.25) is 0 Å². The van der Waals surface area contributed by atoms with Crippen LogP contribution in [0.5, 0.6) is 0 Å². The van der Waals surface area contributed by atoms with Crippen LogP contribution >= 0.6 is 0 Å². The number of ether oxygens (including phenoxy) is 1. The first-order valence-corrected chi connectivity index (χ1v) is 4.84. The molecule has 0 aromatic carbocycles. The van der Waals surface area contributed by atoms with Crippen molar-refractivity contribution in [2.24, 2.45) is 0 Å². The van der Waals surface area contributed by atoms with Crippen molar-refractivity contribution < 1.29 is 14.6 Å². The molecule has 82 valence electrons. The summed E-state index contributed by atoms with van der Waals surface area (Å²) in [5, 5.41) is 16.9. The maximum Gasteiger partial charge on any atom is 0.360 e. The van der Waals surface area contributed by atoms with E-state index in [2.05, 4.69) is 15.0 Å². The molecule has 1 aromatic rings. The summed E-state index contributed by atoms with van der Waals surface area (Å²) < 4.78 is 6.10. The second-order valence-electron chi connectivity index (χ2n) is 3.78. The number of carbonyl (C=O) groups is 1. The molecule has 0 radical (unpaired) electrons. The highest BCUT2D eigenvalue weighted by Crippen LogP contribution is 2.37. The van der Waals surface area contributed by atoms with Gasteiger partial charge in [-0.15, -0.1) is 5.10 Å². The van der Waals surface area contributed by atoms with E-state index < -0.39 is 5.97 Å². The lowest BCUT2D eigenvalue weighted by atomic mass is 9.77. The van der Waals surface area contributed by atoms with Crippen LogP contribution in [0.3, 0.4) is 0 Å². The van der Waals surface area contributed by atoms with E-state index in [0.717, 1.165) is 19.3 Å². The fourth-order valence-electron chi connectivity index (χ4n) is 1.74. The van der Waals surface area contributed by atoms with Gasteiger partial charge in [0, 0.05) is 0 Å². The average Bonchev–Trinajstić information content (AvgIpc) is 2.65. The Labute approximate surface area is 86.8 Å². The van der Waals surface area contributed by atoms with Gasteiger partial charge in [0.25, 0.3) is 0 Å². The number of carbonyl (C=O) groups excluding carboxylic acids is 1. The van der Waals surface area contributed by atoms with Crippen molar-refractivity contribution in [2.75, 3.05) is 13.7 Å². The minimum atomic E-state index is -0.506. The smallest absolute Gasteiger partial charge is 0.360 e. The van der Waals surface area contributed by atoms with Gasteiger partial charge in [-0.25, -0.2) is 9.48 Å². The zero-order valence-corrected chi connectivity index (χ0v) is 8.51. The van der Waals surface area contributed by atoms with Gasteiger partial charge >= 0.3 is 5.97 Å². The summed E-state index contributed by atoms with van der Waals surface area (Å²) in [6, 6.07) is 0. The first-order chi connectivity index (χ1) is 7.22. The summed E-state index contributed by atoms with van der Waals surface area (Å²) in [4.78, 5) is 11.1. The van der Waals surface area contributed by atoms with Crippen molar-refractivity contribution in [3.63, 3.8) is 0 Å². The van der Waals surface area contributed by atoms with Crippen LogP contribution in [0.1, 0.15) is 29.8 Å². The zero-order valence-electron chi connectivity index (χ0n) is 8.51. The molecule has 0 aliphatic heterocycles. The SMILES string of the molecule is COC(=O)c1cn(C2(CO)CCC2)nn1. The maximum absolute atomic E-state index is 11.1. The van der Waals surface area contributed by atoms with Crippen LogP contribution in [-0.2, 0) is 10.3 Å². The van der Waals surface area contributed by atoms with Gasteiger partial charge < -0.3 is 9.84 Å². The predicted molar refractivity (Wildman–Crippen MR) is 50.3 cm³/mol. The quantitative estimate of drug-likeness (QED) is 0.708. The summed E-state index contributed by atoms with van der Waals surface area (Å²) in [5.41, 5.74) is -0.170. The molecule has 1 N–H and O–H groups in total. The van der Waals surface area contributed by atoms with Gasteiger partial charge in [-0.3, -0.25) is 0 Å². The van der Waals surface area contributed by atoms with E-state index in [1.807, 2.05) is 0 Å². The van der Waals surface area contributed by atoms with Gasteiger partial charge in [0.1, 0.15) is 0 Å². The first-order valence-electron chi connectivity index (χ1n) is 4.84. The number of aliphatic hydroxyl groups is 1. The number of esters is 1. The Morgan fingerprint density at radius 2 is 2.47 bits per heavy atom. The Bertz CT molecular complexity index is 365. The zero-order chi connectivity index (χ0) is 10.9. The van der Waals surface area contributed by atoms with Gasteiger partial charge in [-0.05, 0) is 19.3 Å². The standard InChI is InChI=1S/C9H13N3O3/c1-15-8(14)7-5-12(11-10-7)9(6-13)3-2-4-9/h5,13H,2-4,6H2,1H3. The van der Waals surface area contributed by atoms with Crippen LogP contribution in [0.25, 0.3) is 0 Å². The fraction of sp³-hybridized carbons (Fsp3) is 0.667. The molecule has 6 nitrogen and oxygen atoms in total. The van der Waals surface area contributed by atoms with Gasteiger partial charge in [-0.1, -0.05) is 5.21 Å². The summed E-state index contributed by atoms with van der Waals surface area (Å²) in [6.07, 6.45) is 4.33. The van der Waals surface area contributed by atoms with E-state index in [-0.39, 0.29) is 17.8 Å². The number of hydrogen-bond acceptors (Lipinski definition) is 5.